The Kier molecular flexibility index (Phi) is 6.77. The Labute approximate surface area is 205 Å². The average molecular weight is 477 g/mol. The van der Waals surface area contributed by atoms with Crippen molar-refractivity contribution >= 4 is 29.1 Å². The molecule has 3 N–H and O–H groups in total. The highest BCUT2D eigenvalue weighted by molar-refractivity contribution is 8.04. The quantitative estimate of drug-likeness (QED) is 0.618. The van der Waals surface area contributed by atoms with Crippen LogP contribution in [0.15, 0.2) is 53.9 Å². The second kappa shape index (κ2) is 9.94. The molecule has 2 aromatic rings. The average Bonchev–Trinajstić information content (AvgIpc) is 3.28. The summed E-state index contributed by atoms with van der Waals surface area (Å²) in [6.07, 6.45) is 1.53. The second-order valence-corrected chi connectivity index (χ2v) is 10.5. The van der Waals surface area contributed by atoms with E-state index in [1.807, 2.05) is 12.1 Å². The van der Waals surface area contributed by atoms with Crippen molar-refractivity contribution in [1.29, 1.82) is 0 Å². The standard InChI is InChI=1S/C27H32N4O2S/c1-17-9-11-19(12-10-17)22-16-34-24-23(22)29-27(30-26(24)33)31-13-5-8-21(15-31)25(32)28-14-20-7-4-3-6-18(20)2/h3-4,6-7,9-12,16,21,23-24,27,29H,5,8,13-15H2,1-2H3,(H,28,32)(H,30,33). The van der Waals surface area contributed by atoms with Gasteiger partial charge in [-0.05, 0) is 54.4 Å². The molecule has 0 bridgehead atoms. The van der Waals surface area contributed by atoms with E-state index < -0.39 is 0 Å². The van der Waals surface area contributed by atoms with Gasteiger partial charge in [0.15, 0.2) is 0 Å². The first-order chi connectivity index (χ1) is 16.5. The van der Waals surface area contributed by atoms with Crippen molar-refractivity contribution in [1.82, 2.24) is 20.9 Å². The Bertz CT molecular complexity index is 1100. The van der Waals surface area contributed by atoms with Gasteiger partial charge < -0.3 is 10.6 Å². The molecule has 34 heavy (non-hydrogen) atoms. The second-order valence-electron chi connectivity index (χ2n) is 9.53. The minimum absolute atomic E-state index is 0.0401. The first-order valence-electron chi connectivity index (χ1n) is 12.0. The number of hydrogen-bond acceptors (Lipinski definition) is 5. The van der Waals surface area contributed by atoms with E-state index in [9.17, 15) is 9.59 Å². The number of fused-ring (bicyclic) bond motifs is 1. The number of rotatable bonds is 5. The van der Waals surface area contributed by atoms with Crippen LogP contribution in [0.25, 0.3) is 5.57 Å². The fourth-order valence-electron chi connectivity index (χ4n) is 5.06. The maximum absolute atomic E-state index is 13.0. The Morgan fingerprint density at radius 3 is 2.74 bits per heavy atom. The zero-order valence-electron chi connectivity index (χ0n) is 19.7. The number of likely N-dealkylation sites (tertiary alicyclic amines) is 1. The summed E-state index contributed by atoms with van der Waals surface area (Å²) in [7, 11) is 0. The third kappa shape index (κ3) is 4.78. The van der Waals surface area contributed by atoms with Gasteiger partial charge >= 0.3 is 0 Å². The van der Waals surface area contributed by atoms with Crippen molar-refractivity contribution in [2.24, 2.45) is 5.92 Å². The number of hydrogen-bond donors (Lipinski definition) is 3. The lowest BCUT2D eigenvalue weighted by atomic mass is 9.94. The molecular weight excluding hydrogens is 444 g/mol. The van der Waals surface area contributed by atoms with Gasteiger partial charge in [-0.2, -0.15) is 0 Å². The minimum atomic E-state index is -0.270. The van der Waals surface area contributed by atoms with E-state index >= 15 is 0 Å². The maximum atomic E-state index is 13.0. The van der Waals surface area contributed by atoms with Crippen molar-refractivity contribution in [3.8, 4) is 0 Å². The van der Waals surface area contributed by atoms with E-state index in [1.165, 1.54) is 16.7 Å². The molecule has 2 saturated heterocycles. The molecule has 2 amide bonds. The Balaban J connectivity index is 1.23. The summed E-state index contributed by atoms with van der Waals surface area (Å²) in [5.41, 5.74) is 5.87. The molecule has 3 heterocycles. The van der Waals surface area contributed by atoms with Crippen LogP contribution in [-0.2, 0) is 16.1 Å². The van der Waals surface area contributed by atoms with Gasteiger partial charge in [-0.1, -0.05) is 54.1 Å². The van der Waals surface area contributed by atoms with Crippen molar-refractivity contribution < 1.29 is 9.59 Å². The van der Waals surface area contributed by atoms with Crippen LogP contribution in [0.5, 0.6) is 0 Å². The first-order valence-corrected chi connectivity index (χ1v) is 13.0. The molecule has 5 rings (SSSR count). The van der Waals surface area contributed by atoms with Crippen molar-refractivity contribution in [2.75, 3.05) is 13.1 Å². The number of carbonyl (C=O) groups is 2. The van der Waals surface area contributed by atoms with E-state index in [-0.39, 0.29) is 35.3 Å². The number of aryl methyl sites for hydroxylation is 2. The summed E-state index contributed by atoms with van der Waals surface area (Å²) >= 11 is 1.58. The molecule has 4 atom stereocenters. The number of nitrogens with one attached hydrogen (secondary N) is 3. The number of benzene rings is 2. The molecule has 0 aromatic heterocycles. The van der Waals surface area contributed by atoms with Crippen LogP contribution in [0.3, 0.4) is 0 Å². The lowest BCUT2D eigenvalue weighted by Gasteiger charge is -2.43. The molecule has 6 nitrogen and oxygen atoms in total. The molecule has 7 heteroatoms. The van der Waals surface area contributed by atoms with Gasteiger partial charge in [0.25, 0.3) is 0 Å². The number of nitrogens with zero attached hydrogens (tertiary/aromatic N) is 1. The van der Waals surface area contributed by atoms with Gasteiger partial charge in [0.2, 0.25) is 11.8 Å². The van der Waals surface area contributed by atoms with Crippen LogP contribution in [0.1, 0.15) is 35.1 Å². The smallest absolute Gasteiger partial charge is 0.237 e. The fourth-order valence-corrected chi connectivity index (χ4v) is 6.21. The van der Waals surface area contributed by atoms with Gasteiger partial charge in [-0.3, -0.25) is 19.8 Å². The van der Waals surface area contributed by atoms with E-state index in [4.69, 9.17) is 0 Å². The highest BCUT2D eigenvalue weighted by atomic mass is 32.2. The molecule has 0 saturated carbocycles. The van der Waals surface area contributed by atoms with Crippen LogP contribution in [0.2, 0.25) is 0 Å². The largest absolute Gasteiger partial charge is 0.352 e. The summed E-state index contributed by atoms with van der Waals surface area (Å²) < 4.78 is 0. The predicted octanol–water partition coefficient (Wildman–Crippen LogP) is 3.16. The monoisotopic (exact) mass is 476 g/mol. The third-order valence-corrected chi connectivity index (χ3v) is 8.31. The zero-order chi connectivity index (χ0) is 23.7. The third-order valence-electron chi connectivity index (χ3n) is 7.14. The summed E-state index contributed by atoms with van der Waals surface area (Å²) in [4.78, 5) is 28.1. The Morgan fingerprint density at radius 1 is 1.15 bits per heavy atom. The van der Waals surface area contributed by atoms with E-state index in [1.54, 1.807) is 11.8 Å². The fraction of sp³-hybridized carbons (Fsp3) is 0.407. The Hall–Kier alpha value is -2.61. The molecule has 2 aromatic carbocycles. The van der Waals surface area contributed by atoms with Crippen LogP contribution in [-0.4, -0.2) is 47.4 Å². The molecular formula is C27H32N4O2S. The maximum Gasteiger partial charge on any atom is 0.237 e. The molecule has 3 aliphatic rings. The van der Waals surface area contributed by atoms with Crippen LogP contribution in [0, 0.1) is 19.8 Å². The molecule has 4 unspecified atom stereocenters. The first kappa shape index (κ1) is 23.1. The SMILES string of the molecule is Cc1ccc(C2=CSC3C(=O)NC(N4CCCC(C(=O)NCc5ccccc5C)C4)NC23)cc1. The number of thioether (sulfide) groups is 1. The predicted molar refractivity (Wildman–Crippen MR) is 137 cm³/mol. The van der Waals surface area contributed by atoms with Gasteiger partial charge in [0, 0.05) is 19.6 Å². The lowest BCUT2D eigenvalue weighted by Crippen LogP contribution is -2.69. The molecule has 0 spiro atoms. The Morgan fingerprint density at radius 2 is 1.94 bits per heavy atom. The van der Waals surface area contributed by atoms with E-state index in [0.29, 0.717) is 13.1 Å². The molecule has 0 aliphatic carbocycles. The van der Waals surface area contributed by atoms with E-state index in [0.717, 1.165) is 30.5 Å². The van der Waals surface area contributed by atoms with Crippen molar-refractivity contribution in [3.63, 3.8) is 0 Å². The molecule has 3 aliphatic heterocycles. The number of amides is 2. The lowest BCUT2D eigenvalue weighted by molar-refractivity contribution is -0.129. The topological polar surface area (TPSA) is 73.5 Å². The van der Waals surface area contributed by atoms with Crippen molar-refractivity contribution in [2.45, 2.75) is 50.8 Å². The van der Waals surface area contributed by atoms with Crippen molar-refractivity contribution in [3.05, 3.63) is 76.2 Å². The van der Waals surface area contributed by atoms with Gasteiger partial charge in [-0.15, -0.1) is 11.8 Å². The van der Waals surface area contributed by atoms with Crippen LogP contribution >= 0.6 is 11.8 Å². The van der Waals surface area contributed by atoms with Gasteiger partial charge in [-0.25, -0.2) is 0 Å². The number of carbonyl (C=O) groups excluding carboxylic acids is 2. The number of piperidine rings is 1. The molecule has 178 valence electrons. The highest BCUT2D eigenvalue weighted by Gasteiger charge is 2.44. The van der Waals surface area contributed by atoms with Gasteiger partial charge in [0.1, 0.15) is 11.5 Å². The molecule has 2 fully saturated rings. The minimum Gasteiger partial charge on any atom is -0.352 e. The summed E-state index contributed by atoms with van der Waals surface area (Å²) in [5, 5.41) is 11.9. The summed E-state index contributed by atoms with van der Waals surface area (Å²) in [5.74, 6) is 0.0622. The van der Waals surface area contributed by atoms with Crippen LogP contribution in [0.4, 0.5) is 0 Å². The van der Waals surface area contributed by atoms with E-state index in [2.05, 4.69) is 76.5 Å². The van der Waals surface area contributed by atoms with Crippen LogP contribution < -0.4 is 16.0 Å². The summed E-state index contributed by atoms with van der Waals surface area (Å²) in [6.45, 7) is 6.18. The highest BCUT2D eigenvalue weighted by Crippen LogP contribution is 2.38. The summed E-state index contributed by atoms with van der Waals surface area (Å²) in [6, 6.07) is 16.6. The molecule has 0 radical (unpaired) electrons. The van der Waals surface area contributed by atoms with Gasteiger partial charge in [0.05, 0.1) is 12.0 Å². The normalized spacial score (nSPS) is 27.0. The zero-order valence-corrected chi connectivity index (χ0v) is 20.5.